The van der Waals surface area contributed by atoms with E-state index in [4.69, 9.17) is 18.9 Å². The molecule has 0 aromatic heterocycles. The molecular weight excluding hydrogens is 667 g/mol. The van der Waals surface area contributed by atoms with Crippen LogP contribution in [0.15, 0.2) is 71.8 Å². The number of hydrogen-bond acceptors (Lipinski definition) is 8. The zero-order valence-corrected chi connectivity index (χ0v) is 31.7. The summed E-state index contributed by atoms with van der Waals surface area (Å²) < 4.78 is 36.7. The number of benzene rings is 2. The predicted molar refractivity (Wildman–Crippen MR) is 203 cm³/mol. The van der Waals surface area contributed by atoms with Gasteiger partial charge in [0.15, 0.2) is 28.5 Å². The number of fused-ring (bicyclic) bond motifs is 1. The van der Waals surface area contributed by atoms with E-state index in [2.05, 4.69) is 11.8 Å². The van der Waals surface area contributed by atoms with Gasteiger partial charge in [-0.2, -0.15) is 0 Å². The van der Waals surface area contributed by atoms with Crippen molar-refractivity contribution in [2.24, 2.45) is 0 Å². The maximum absolute atomic E-state index is 14.3. The van der Waals surface area contributed by atoms with Crippen LogP contribution in [-0.4, -0.2) is 98.6 Å². The summed E-state index contributed by atoms with van der Waals surface area (Å²) in [6, 6.07) is 11.3. The van der Waals surface area contributed by atoms with Gasteiger partial charge in [0.25, 0.3) is 0 Å². The molecule has 1 aliphatic carbocycles. The minimum atomic E-state index is -1.51. The fraction of sp³-hybridized carbons (Fsp3) is 0.500. The zero-order chi connectivity index (χ0) is 36.4. The van der Waals surface area contributed by atoms with E-state index in [9.17, 15) is 14.1 Å². The molecule has 3 aliphatic rings. The maximum Gasteiger partial charge on any atom is 0.390 e. The van der Waals surface area contributed by atoms with Crippen molar-refractivity contribution in [3.05, 3.63) is 77.4 Å². The third-order valence-corrected chi connectivity index (χ3v) is 12.1. The summed E-state index contributed by atoms with van der Waals surface area (Å²) in [5, 5.41) is -0.315. The summed E-state index contributed by atoms with van der Waals surface area (Å²) in [6.45, 7) is 9.05. The number of rotatable bonds is 17. The van der Waals surface area contributed by atoms with Crippen molar-refractivity contribution in [2.45, 2.75) is 64.0 Å². The van der Waals surface area contributed by atoms with E-state index in [0.29, 0.717) is 54.8 Å². The number of allylic oxidation sites excluding steroid dienone is 3. The average molecular weight is 721 g/mol. The summed E-state index contributed by atoms with van der Waals surface area (Å²) >= 11 is -1.51. The lowest BCUT2D eigenvalue weighted by Gasteiger charge is -2.40. The maximum atomic E-state index is 14.3. The van der Waals surface area contributed by atoms with Gasteiger partial charge in [0, 0.05) is 50.3 Å². The van der Waals surface area contributed by atoms with Crippen molar-refractivity contribution < 1.29 is 33.1 Å². The van der Waals surface area contributed by atoms with Gasteiger partial charge in [-0.25, -0.2) is 4.79 Å². The molecule has 11 heteroatoms. The van der Waals surface area contributed by atoms with Crippen LogP contribution in [0.5, 0.6) is 23.0 Å². The second-order valence-corrected chi connectivity index (χ2v) is 15.0. The largest absolute Gasteiger partial charge is 0.565 e. The van der Waals surface area contributed by atoms with E-state index in [1.54, 1.807) is 21.3 Å². The minimum absolute atomic E-state index is 0.0818. The van der Waals surface area contributed by atoms with Gasteiger partial charge < -0.3 is 28.4 Å². The number of piperazine rings is 1. The number of ether oxygens (including phenoxy) is 4. The molecule has 1 saturated heterocycles. The quantitative estimate of drug-likeness (QED) is 0.109. The van der Waals surface area contributed by atoms with Crippen LogP contribution >= 0.6 is 0 Å². The Morgan fingerprint density at radius 1 is 0.941 bits per heavy atom. The van der Waals surface area contributed by atoms with Gasteiger partial charge in [-0.05, 0) is 66.5 Å². The van der Waals surface area contributed by atoms with E-state index in [1.165, 1.54) is 0 Å². The first-order valence-electron chi connectivity index (χ1n) is 18.2. The first kappa shape index (κ1) is 38.5. The van der Waals surface area contributed by atoms with Gasteiger partial charge in [0.2, 0.25) is 16.9 Å². The smallest absolute Gasteiger partial charge is 0.390 e. The Morgan fingerprint density at radius 2 is 1.69 bits per heavy atom. The Bertz CT molecular complexity index is 1590. The SMILES string of the molecule is CCCCCC[N+]1(c2cccc(OCCCCN3CCN(C(=O)Cc4cc(OC)c(OC)c(OC)c4)CC3)c2)C(=O)C(C)=C2C=CC=CC2[S+]1[O-]. The van der Waals surface area contributed by atoms with Crippen LogP contribution < -0.4 is 22.8 Å². The van der Waals surface area contributed by atoms with Crippen LogP contribution in [0.3, 0.4) is 0 Å². The summed E-state index contributed by atoms with van der Waals surface area (Å²) in [4.78, 5) is 31.6. The van der Waals surface area contributed by atoms with E-state index in [0.717, 1.165) is 75.0 Å². The molecule has 0 bridgehead atoms. The van der Waals surface area contributed by atoms with Gasteiger partial charge in [-0.3, -0.25) is 9.69 Å². The molecule has 0 spiro atoms. The van der Waals surface area contributed by atoms with Crippen LogP contribution in [0.25, 0.3) is 0 Å². The van der Waals surface area contributed by atoms with Gasteiger partial charge in [-0.15, -0.1) is 0 Å². The van der Waals surface area contributed by atoms with Crippen LogP contribution in [0.2, 0.25) is 0 Å². The molecule has 5 rings (SSSR count). The van der Waals surface area contributed by atoms with Gasteiger partial charge >= 0.3 is 5.91 Å². The molecule has 51 heavy (non-hydrogen) atoms. The Balaban J connectivity index is 1.12. The van der Waals surface area contributed by atoms with Crippen LogP contribution in [0.4, 0.5) is 5.69 Å². The Kier molecular flexibility index (Phi) is 13.7. The van der Waals surface area contributed by atoms with Crippen molar-refractivity contribution in [1.82, 2.24) is 13.7 Å². The summed E-state index contributed by atoms with van der Waals surface area (Å²) in [5.41, 5.74) is 3.10. The van der Waals surface area contributed by atoms with E-state index < -0.39 is 11.4 Å². The normalized spacial score (nSPS) is 21.8. The molecule has 2 heterocycles. The third-order valence-electron chi connectivity index (χ3n) is 10.1. The average Bonchev–Trinajstić information content (AvgIpc) is 3.16. The lowest BCUT2D eigenvalue weighted by Crippen LogP contribution is -2.64. The Labute approximate surface area is 306 Å². The fourth-order valence-electron chi connectivity index (χ4n) is 7.18. The monoisotopic (exact) mass is 720 g/mol. The third kappa shape index (κ3) is 8.65. The summed E-state index contributed by atoms with van der Waals surface area (Å²) in [5.74, 6) is 2.28. The number of unbranched alkanes of at least 4 members (excludes halogenated alkanes) is 4. The van der Waals surface area contributed by atoms with Crippen molar-refractivity contribution >= 4 is 28.9 Å². The van der Waals surface area contributed by atoms with E-state index in [1.807, 2.05) is 72.5 Å². The highest BCUT2D eigenvalue weighted by Crippen LogP contribution is 2.43. The zero-order valence-electron chi connectivity index (χ0n) is 30.9. The summed E-state index contributed by atoms with van der Waals surface area (Å²) in [7, 11) is 4.70. The number of amides is 2. The van der Waals surface area contributed by atoms with Crippen LogP contribution in [0, 0.1) is 0 Å². The standard InChI is InChI=1S/C40H54N3O7S/c1-6-7-8-12-24-43(40(45)30(2)34-17-9-10-18-37(34)51(43)46)32-15-14-16-33(29-32)50-25-13-11-19-41-20-22-42(23-21-41)38(44)28-31-26-35(47-3)39(49-5)36(27-31)48-4/h9-10,14-18,26-27,29,37H,6-8,11-13,19-25,28H2,1-5H3/q+1. The molecule has 0 radical (unpaired) electrons. The van der Waals surface area contributed by atoms with E-state index >= 15 is 0 Å². The highest BCUT2D eigenvalue weighted by molar-refractivity contribution is 7.92. The van der Waals surface area contributed by atoms with Gasteiger partial charge in [0.05, 0.1) is 39.9 Å². The fourth-order valence-corrected chi connectivity index (χ4v) is 9.20. The molecule has 3 atom stereocenters. The van der Waals surface area contributed by atoms with Crippen molar-refractivity contribution in [1.29, 1.82) is 0 Å². The molecule has 2 aliphatic heterocycles. The lowest BCUT2D eigenvalue weighted by molar-refractivity contribution is -0.132. The Hall–Kier alpha value is -3.77. The number of methoxy groups -OCH3 is 3. The topological polar surface area (TPSA) is 101 Å². The molecule has 0 saturated carbocycles. The molecule has 1 fully saturated rings. The molecular formula is C40H54N3O7S+. The number of hydrogen-bond donors (Lipinski definition) is 0. The van der Waals surface area contributed by atoms with Crippen molar-refractivity contribution in [2.75, 3.05) is 67.2 Å². The molecule has 2 aromatic carbocycles. The highest BCUT2D eigenvalue weighted by Gasteiger charge is 2.59. The highest BCUT2D eigenvalue weighted by atomic mass is 32.2. The molecule has 2 amide bonds. The molecule has 3 unspecified atom stereocenters. The van der Waals surface area contributed by atoms with Crippen LogP contribution in [0.1, 0.15) is 57.9 Å². The molecule has 0 N–H and O–H groups in total. The number of nitrogens with zero attached hydrogens (tertiary/aromatic N) is 3. The minimum Gasteiger partial charge on any atom is -0.565 e. The summed E-state index contributed by atoms with van der Waals surface area (Å²) in [6.07, 6.45) is 13.8. The lowest BCUT2D eigenvalue weighted by atomic mass is 9.99. The molecule has 2 aromatic rings. The van der Waals surface area contributed by atoms with Gasteiger partial charge in [-0.1, -0.05) is 44.1 Å². The number of carbonyl (C=O) groups is 2. The molecule has 276 valence electrons. The van der Waals surface area contributed by atoms with Crippen molar-refractivity contribution in [3.8, 4) is 23.0 Å². The van der Waals surface area contributed by atoms with Crippen molar-refractivity contribution in [3.63, 3.8) is 0 Å². The first-order chi connectivity index (χ1) is 24.8. The second-order valence-electron chi connectivity index (χ2n) is 13.3. The Morgan fingerprint density at radius 3 is 2.37 bits per heavy atom. The predicted octanol–water partition coefficient (Wildman–Crippen LogP) is 6.16. The molecule has 10 nitrogen and oxygen atoms in total. The first-order valence-corrected chi connectivity index (χ1v) is 19.4. The number of carbonyl (C=O) groups excluding carboxylic acids is 2. The number of quaternary nitrogens is 1. The van der Waals surface area contributed by atoms with E-state index in [-0.39, 0.29) is 27.4 Å². The second kappa shape index (κ2) is 18.1. The van der Waals surface area contributed by atoms with Crippen LogP contribution in [-0.2, 0) is 27.4 Å². The van der Waals surface area contributed by atoms with Gasteiger partial charge in [0.1, 0.15) is 12.3 Å².